The predicted molar refractivity (Wildman–Crippen MR) is 136 cm³/mol. The maximum Gasteiger partial charge on any atom is 0.192 e. The van der Waals surface area contributed by atoms with E-state index in [-0.39, 0.29) is 34.9 Å². The Morgan fingerprint density at radius 2 is 1.47 bits per heavy atom. The zero-order chi connectivity index (χ0) is 24.0. The fraction of sp³-hybridized carbons (Fsp3) is 0.440. The Bertz CT molecular complexity index is 1020. The molecule has 0 spiro atoms. The van der Waals surface area contributed by atoms with E-state index in [1.165, 1.54) is 12.7 Å². The van der Waals surface area contributed by atoms with Crippen LogP contribution >= 0.6 is 12.4 Å². The molecule has 0 saturated heterocycles. The van der Waals surface area contributed by atoms with Crippen LogP contribution in [0.2, 0.25) is 0 Å². The van der Waals surface area contributed by atoms with Crippen molar-refractivity contribution in [3.8, 4) is 5.75 Å². The molecule has 0 bridgehead atoms. The number of nitrogens with one attached hydrogen (secondary N) is 1. The summed E-state index contributed by atoms with van der Waals surface area (Å²) in [6.07, 6.45) is 0. The van der Waals surface area contributed by atoms with Crippen LogP contribution in [0.1, 0.15) is 65.5 Å². The number of fused-ring (bicyclic) bond motifs is 1. The number of methoxy groups -OCH3 is 1. The Hall–Kier alpha value is -2.73. The van der Waals surface area contributed by atoms with Crippen molar-refractivity contribution < 1.29 is 14.3 Å². The fourth-order valence-corrected chi connectivity index (χ4v) is 2.53. The minimum absolute atomic E-state index is 0. The summed E-state index contributed by atoms with van der Waals surface area (Å²) in [5.74, 6) is 1.14. The van der Waals surface area contributed by atoms with Crippen molar-refractivity contribution in [1.29, 1.82) is 5.41 Å². The molecule has 0 aliphatic heterocycles. The van der Waals surface area contributed by atoms with Gasteiger partial charge >= 0.3 is 0 Å². The summed E-state index contributed by atoms with van der Waals surface area (Å²) in [5.41, 5.74) is 10.5. The maximum absolute atomic E-state index is 9.18. The van der Waals surface area contributed by atoms with Crippen molar-refractivity contribution in [3.63, 3.8) is 0 Å². The van der Waals surface area contributed by atoms with Crippen molar-refractivity contribution in [3.05, 3.63) is 53.4 Å². The molecule has 1 aromatic heterocycles. The lowest BCUT2D eigenvalue weighted by Gasteiger charge is -2.19. The number of anilines is 1. The third-order valence-electron chi connectivity index (χ3n) is 4.56. The number of benzene rings is 2. The number of rotatable bonds is 0. The molecule has 0 radical (unpaired) electrons. The number of nitrogen functional groups attached to an aromatic ring is 1. The highest BCUT2D eigenvalue weighted by molar-refractivity contribution is 5.85. The number of nitrogens with two attached hydrogens (primary N) is 1. The van der Waals surface area contributed by atoms with Crippen molar-refractivity contribution in [2.24, 2.45) is 0 Å². The number of aromatic nitrogens is 1. The van der Waals surface area contributed by atoms with Crippen molar-refractivity contribution in [2.45, 2.75) is 66.2 Å². The number of ether oxygens (including phenoxy) is 1. The Kier molecular flexibility index (Phi) is 10.8. The summed E-state index contributed by atoms with van der Waals surface area (Å²) >= 11 is 0. The molecule has 0 saturated carbocycles. The number of hydrogen-bond acceptors (Lipinski definition) is 6. The van der Waals surface area contributed by atoms with Gasteiger partial charge in [-0.2, -0.15) is 0 Å². The Morgan fingerprint density at radius 1 is 1.00 bits per heavy atom. The standard InChI is InChI=1S/C12H15NO.C10H15NO.C3H7NO.ClH/c1-8-13-10-7-9(12(2,3)4)5-6-11(10)14-8;1-10(2,3)7-4-5-9(12)8(11)6-7;1-3(4)5-2;/h5-7H,1-4H3;4-6,12H,11H2,1-3H3;4H,1-2H3;1H. The Balaban J connectivity index is 0.000000490. The molecule has 178 valence electrons. The second-order valence-corrected chi connectivity index (χ2v) is 9.45. The van der Waals surface area contributed by atoms with E-state index < -0.39 is 0 Å². The topological polar surface area (TPSA) is 105 Å². The maximum atomic E-state index is 9.18. The van der Waals surface area contributed by atoms with Gasteiger partial charge in [0.05, 0.1) is 12.8 Å². The highest BCUT2D eigenvalue weighted by Gasteiger charge is 2.15. The van der Waals surface area contributed by atoms with Crippen LogP contribution in [0.4, 0.5) is 5.69 Å². The Morgan fingerprint density at radius 3 is 1.91 bits per heavy atom. The van der Waals surface area contributed by atoms with Crippen molar-refractivity contribution in [1.82, 2.24) is 4.98 Å². The second kappa shape index (κ2) is 11.8. The molecule has 1 heterocycles. The van der Waals surface area contributed by atoms with Gasteiger partial charge in [0, 0.05) is 13.8 Å². The van der Waals surface area contributed by atoms with Gasteiger partial charge in [0.2, 0.25) is 0 Å². The van der Waals surface area contributed by atoms with Crippen LogP contribution < -0.4 is 5.73 Å². The van der Waals surface area contributed by atoms with Gasteiger partial charge in [-0.3, -0.25) is 5.41 Å². The van der Waals surface area contributed by atoms with Crippen LogP contribution in [0.25, 0.3) is 11.1 Å². The summed E-state index contributed by atoms with van der Waals surface area (Å²) in [5, 5.41) is 15.7. The van der Waals surface area contributed by atoms with E-state index in [1.54, 1.807) is 13.0 Å². The SMILES string of the molecule is CC(C)(C)c1ccc(O)c(N)c1.COC(C)=N.Cc1nc2cc(C(C)(C)C)ccc2o1.Cl. The van der Waals surface area contributed by atoms with Gasteiger partial charge in [-0.15, -0.1) is 12.4 Å². The molecule has 6 nitrogen and oxygen atoms in total. The zero-order valence-electron chi connectivity index (χ0n) is 20.7. The lowest BCUT2D eigenvalue weighted by molar-refractivity contribution is 0.396. The number of phenolic OH excluding ortho intramolecular Hbond substituents is 1. The molecular weight excluding hydrogens is 426 g/mol. The molecule has 0 atom stereocenters. The monoisotopic (exact) mass is 463 g/mol. The van der Waals surface area contributed by atoms with Gasteiger partial charge in [0.25, 0.3) is 0 Å². The molecule has 7 heteroatoms. The van der Waals surface area contributed by atoms with E-state index in [9.17, 15) is 5.11 Å². The summed E-state index contributed by atoms with van der Waals surface area (Å²) < 4.78 is 9.76. The van der Waals surface area contributed by atoms with Crippen LogP contribution in [-0.2, 0) is 15.6 Å². The van der Waals surface area contributed by atoms with Crippen LogP contribution in [0.3, 0.4) is 0 Å². The fourth-order valence-electron chi connectivity index (χ4n) is 2.53. The number of oxazole rings is 1. The van der Waals surface area contributed by atoms with Crippen molar-refractivity contribution >= 4 is 35.1 Å². The lowest BCUT2D eigenvalue weighted by atomic mass is 9.87. The molecule has 0 unspecified atom stereocenters. The van der Waals surface area contributed by atoms with E-state index in [0.29, 0.717) is 5.69 Å². The van der Waals surface area contributed by atoms with Gasteiger partial charge in [-0.05, 0) is 46.2 Å². The smallest absolute Gasteiger partial charge is 0.192 e. The molecule has 32 heavy (non-hydrogen) atoms. The molecular formula is C25H38ClN3O3. The Labute approximate surface area is 198 Å². The van der Waals surface area contributed by atoms with Gasteiger partial charge in [-0.1, -0.05) is 53.7 Å². The van der Waals surface area contributed by atoms with E-state index in [2.05, 4.69) is 63.4 Å². The third kappa shape index (κ3) is 9.18. The second-order valence-electron chi connectivity index (χ2n) is 9.45. The first kappa shape index (κ1) is 29.3. The van der Waals surface area contributed by atoms with Gasteiger partial charge in [0.15, 0.2) is 17.4 Å². The first-order valence-corrected chi connectivity index (χ1v) is 10.2. The molecule has 0 amide bonds. The summed E-state index contributed by atoms with van der Waals surface area (Å²) in [7, 11) is 1.47. The summed E-state index contributed by atoms with van der Waals surface area (Å²) in [4.78, 5) is 4.32. The minimum Gasteiger partial charge on any atom is -0.506 e. The van der Waals surface area contributed by atoms with E-state index in [1.807, 2.05) is 25.1 Å². The van der Waals surface area contributed by atoms with E-state index in [4.69, 9.17) is 15.6 Å². The highest BCUT2D eigenvalue weighted by Crippen LogP contribution is 2.28. The van der Waals surface area contributed by atoms with Gasteiger partial charge in [-0.25, -0.2) is 4.98 Å². The minimum atomic E-state index is 0. The third-order valence-corrected chi connectivity index (χ3v) is 4.56. The summed E-state index contributed by atoms with van der Waals surface area (Å²) in [6, 6.07) is 11.5. The number of aromatic hydroxyl groups is 1. The summed E-state index contributed by atoms with van der Waals surface area (Å²) in [6.45, 7) is 16.4. The largest absolute Gasteiger partial charge is 0.506 e. The van der Waals surface area contributed by atoms with Gasteiger partial charge < -0.3 is 20.0 Å². The van der Waals surface area contributed by atoms with Gasteiger partial charge in [0.1, 0.15) is 11.3 Å². The zero-order valence-corrected chi connectivity index (χ0v) is 21.5. The van der Waals surface area contributed by atoms with Crippen LogP contribution in [0.5, 0.6) is 5.75 Å². The quantitative estimate of drug-likeness (QED) is 0.148. The van der Waals surface area contributed by atoms with Crippen LogP contribution in [-0.4, -0.2) is 23.1 Å². The molecule has 3 aromatic rings. The van der Waals surface area contributed by atoms with E-state index >= 15 is 0 Å². The molecule has 3 rings (SSSR count). The number of halogens is 1. The normalized spacial score (nSPS) is 10.8. The number of hydrogen-bond donors (Lipinski definition) is 3. The molecule has 0 aliphatic rings. The number of aryl methyl sites for hydroxylation is 1. The molecule has 0 fully saturated rings. The predicted octanol–water partition coefficient (Wildman–Crippen LogP) is 6.76. The highest BCUT2D eigenvalue weighted by atomic mass is 35.5. The van der Waals surface area contributed by atoms with Crippen molar-refractivity contribution in [2.75, 3.05) is 12.8 Å². The number of nitrogens with zero attached hydrogens (tertiary/aromatic N) is 1. The molecule has 0 aliphatic carbocycles. The van der Waals surface area contributed by atoms with E-state index in [0.717, 1.165) is 22.6 Å². The first-order chi connectivity index (χ1) is 14.1. The molecule has 4 N–H and O–H groups in total. The number of phenols is 1. The average Bonchev–Trinajstić information content (AvgIpc) is 3.02. The first-order valence-electron chi connectivity index (χ1n) is 10.2. The van der Waals surface area contributed by atoms with Crippen LogP contribution in [0, 0.1) is 12.3 Å². The molecule has 2 aromatic carbocycles. The lowest BCUT2D eigenvalue weighted by Crippen LogP contribution is -2.11. The average molecular weight is 464 g/mol. The van der Waals surface area contributed by atoms with Crippen LogP contribution in [0.15, 0.2) is 40.8 Å².